The summed E-state index contributed by atoms with van der Waals surface area (Å²) in [4.78, 5) is 19.8. The summed E-state index contributed by atoms with van der Waals surface area (Å²) < 4.78 is 7.28. The Kier molecular flexibility index (Phi) is 5.19. The molecule has 21 heavy (non-hydrogen) atoms. The van der Waals surface area contributed by atoms with Gasteiger partial charge in [0.1, 0.15) is 5.52 Å². The lowest BCUT2D eigenvalue weighted by atomic mass is 10.2. The number of imidazole rings is 1. The number of rotatable bonds is 7. The maximum absolute atomic E-state index is 10.8. The van der Waals surface area contributed by atoms with E-state index in [0.29, 0.717) is 11.8 Å². The number of aliphatic carboxylic acids is 1. The SMILES string of the molecule is CCC(COC)n1c(SCC(=O)O)nc2c(C)ccnc21. The second kappa shape index (κ2) is 6.91. The van der Waals surface area contributed by atoms with Gasteiger partial charge >= 0.3 is 5.97 Å². The van der Waals surface area contributed by atoms with Crippen LogP contribution in [0, 0.1) is 6.92 Å². The zero-order chi connectivity index (χ0) is 15.4. The van der Waals surface area contributed by atoms with E-state index in [0.717, 1.165) is 23.1 Å². The highest BCUT2D eigenvalue weighted by molar-refractivity contribution is 7.99. The molecule has 1 unspecified atom stereocenters. The van der Waals surface area contributed by atoms with Crippen molar-refractivity contribution in [3.63, 3.8) is 0 Å². The first-order valence-corrected chi connectivity index (χ1v) is 7.74. The lowest BCUT2D eigenvalue weighted by Gasteiger charge is -2.18. The van der Waals surface area contributed by atoms with Gasteiger partial charge in [-0.3, -0.25) is 9.36 Å². The van der Waals surface area contributed by atoms with Gasteiger partial charge in [0.15, 0.2) is 10.8 Å². The molecule has 2 aromatic heterocycles. The number of carboxylic acid groups (broad SMARTS) is 1. The van der Waals surface area contributed by atoms with Gasteiger partial charge in [0.25, 0.3) is 0 Å². The van der Waals surface area contributed by atoms with E-state index in [1.807, 2.05) is 17.6 Å². The molecular formula is C14H19N3O3S. The van der Waals surface area contributed by atoms with E-state index in [9.17, 15) is 4.79 Å². The third-order valence-corrected chi connectivity index (χ3v) is 4.21. The Balaban J connectivity index is 2.53. The first-order chi connectivity index (χ1) is 10.1. The minimum atomic E-state index is -0.858. The molecule has 0 saturated carbocycles. The van der Waals surface area contributed by atoms with Gasteiger partial charge in [-0.25, -0.2) is 9.97 Å². The van der Waals surface area contributed by atoms with E-state index in [2.05, 4.69) is 16.9 Å². The summed E-state index contributed by atoms with van der Waals surface area (Å²) in [6.45, 7) is 4.58. The molecule has 0 amide bonds. The van der Waals surface area contributed by atoms with Gasteiger partial charge in [-0.05, 0) is 25.0 Å². The van der Waals surface area contributed by atoms with Crippen molar-refractivity contribution in [3.8, 4) is 0 Å². The highest BCUT2D eigenvalue weighted by Gasteiger charge is 2.20. The molecule has 1 N–H and O–H groups in total. The van der Waals surface area contributed by atoms with Crippen LogP contribution in [0.1, 0.15) is 24.9 Å². The monoisotopic (exact) mass is 309 g/mol. The number of thioether (sulfide) groups is 1. The van der Waals surface area contributed by atoms with Crippen LogP contribution in [0.25, 0.3) is 11.2 Å². The van der Waals surface area contributed by atoms with E-state index in [1.54, 1.807) is 13.3 Å². The van der Waals surface area contributed by atoms with Gasteiger partial charge in [0, 0.05) is 13.3 Å². The van der Waals surface area contributed by atoms with Crippen LogP contribution in [0.3, 0.4) is 0 Å². The molecule has 0 fully saturated rings. The number of carbonyl (C=O) groups is 1. The molecule has 1 atom stereocenters. The average molecular weight is 309 g/mol. The Bertz CT molecular complexity index is 642. The number of hydrogen-bond donors (Lipinski definition) is 1. The fourth-order valence-corrected chi connectivity index (χ4v) is 3.00. The van der Waals surface area contributed by atoms with Crippen molar-refractivity contribution in [2.45, 2.75) is 31.5 Å². The van der Waals surface area contributed by atoms with Crippen LogP contribution in [0.2, 0.25) is 0 Å². The van der Waals surface area contributed by atoms with Crippen molar-refractivity contribution in [2.75, 3.05) is 19.5 Å². The van der Waals surface area contributed by atoms with Gasteiger partial charge in [-0.2, -0.15) is 0 Å². The zero-order valence-corrected chi connectivity index (χ0v) is 13.2. The number of methoxy groups -OCH3 is 1. The quantitative estimate of drug-likeness (QED) is 0.792. The van der Waals surface area contributed by atoms with Crippen LogP contribution in [-0.4, -0.2) is 45.1 Å². The Morgan fingerprint density at radius 3 is 2.95 bits per heavy atom. The highest BCUT2D eigenvalue weighted by Crippen LogP contribution is 2.29. The number of carboxylic acids is 1. The lowest BCUT2D eigenvalue weighted by Crippen LogP contribution is -2.15. The van der Waals surface area contributed by atoms with Crippen LogP contribution >= 0.6 is 11.8 Å². The van der Waals surface area contributed by atoms with Crippen molar-refractivity contribution in [3.05, 3.63) is 17.8 Å². The molecule has 2 rings (SSSR count). The summed E-state index contributed by atoms with van der Waals surface area (Å²) in [6.07, 6.45) is 2.61. The van der Waals surface area contributed by atoms with Crippen molar-refractivity contribution >= 4 is 28.9 Å². The Hall–Kier alpha value is -1.60. The number of aryl methyl sites for hydroxylation is 1. The second-order valence-corrected chi connectivity index (χ2v) is 5.71. The molecule has 0 aliphatic heterocycles. The highest BCUT2D eigenvalue weighted by atomic mass is 32.2. The molecule has 0 spiro atoms. The molecular weight excluding hydrogens is 290 g/mol. The van der Waals surface area contributed by atoms with Crippen LogP contribution in [0.4, 0.5) is 0 Å². The smallest absolute Gasteiger partial charge is 0.313 e. The summed E-state index contributed by atoms with van der Waals surface area (Å²) in [7, 11) is 1.66. The Morgan fingerprint density at radius 2 is 2.33 bits per heavy atom. The molecule has 0 radical (unpaired) electrons. The molecule has 0 bridgehead atoms. The number of fused-ring (bicyclic) bond motifs is 1. The molecule has 0 aromatic carbocycles. The van der Waals surface area contributed by atoms with Gasteiger partial charge in [-0.15, -0.1) is 0 Å². The molecule has 6 nitrogen and oxygen atoms in total. The summed E-state index contributed by atoms with van der Waals surface area (Å²) in [5.74, 6) is -0.880. The lowest BCUT2D eigenvalue weighted by molar-refractivity contribution is -0.133. The van der Waals surface area contributed by atoms with E-state index in [1.165, 1.54) is 11.8 Å². The molecule has 114 valence electrons. The van der Waals surface area contributed by atoms with E-state index in [4.69, 9.17) is 9.84 Å². The summed E-state index contributed by atoms with van der Waals surface area (Å²) >= 11 is 1.22. The van der Waals surface area contributed by atoms with Crippen LogP contribution in [-0.2, 0) is 9.53 Å². The number of aromatic nitrogens is 3. The van der Waals surface area contributed by atoms with Gasteiger partial charge < -0.3 is 9.84 Å². The number of nitrogens with zero attached hydrogens (tertiary/aromatic N) is 3. The predicted octanol–water partition coefficient (Wildman–Crippen LogP) is 2.51. The van der Waals surface area contributed by atoms with E-state index >= 15 is 0 Å². The first-order valence-electron chi connectivity index (χ1n) is 6.75. The average Bonchev–Trinajstić information content (AvgIpc) is 2.82. The van der Waals surface area contributed by atoms with E-state index in [-0.39, 0.29) is 11.8 Å². The van der Waals surface area contributed by atoms with Crippen molar-refractivity contribution in [1.29, 1.82) is 0 Å². The fraction of sp³-hybridized carbons (Fsp3) is 0.500. The molecule has 0 aliphatic rings. The number of hydrogen-bond acceptors (Lipinski definition) is 5. The Morgan fingerprint density at radius 1 is 1.57 bits per heavy atom. The largest absolute Gasteiger partial charge is 0.481 e. The molecule has 2 aromatic rings. The topological polar surface area (TPSA) is 77.2 Å². The van der Waals surface area contributed by atoms with Gasteiger partial charge in [0.05, 0.1) is 18.4 Å². The summed E-state index contributed by atoms with van der Waals surface area (Å²) in [5.41, 5.74) is 2.63. The molecule has 7 heteroatoms. The summed E-state index contributed by atoms with van der Waals surface area (Å²) in [6, 6.07) is 1.99. The predicted molar refractivity (Wildman–Crippen MR) is 81.8 cm³/mol. The van der Waals surface area contributed by atoms with E-state index < -0.39 is 5.97 Å². The second-order valence-electron chi connectivity index (χ2n) is 4.76. The normalized spacial score (nSPS) is 12.7. The molecule has 2 heterocycles. The Labute approximate surface area is 127 Å². The van der Waals surface area contributed by atoms with Crippen molar-refractivity contribution in [2.24, 2.45) is 0 Å². The fourth-order valence-electron chi connectivity index (χ4n) is 2.22. The van der Waals surface area contributed by atoms with Crippen LogP contribution in [0.5, 0.6) is 0 Å². The van der Waals surface area contributed by atoms with Gasteiger partial charge in [0.2, 0.25) is 0 Å². The number of pyridine rings is 1. The third-order valence-electron chi connectivity index (χ3n) is 3.27. The maximum atomic E-state index is 10.8. The minimum Gasteiger partial charge on any atom is -0.481 e. The number of ether oxygens (including phenoxy) is 1. The third kappa shape index (κ3) is 3.36. The zero-order valence-electron chi connectivity index (χ0n) is 12.4. The molecule has 0 saturated heterocycles. The standard InChI is InChI=1S/C14H19N3O3S/c1-4-10(7-20-3)17-13-12(9(2)5-6-15-13)16-14(17)21-8-11(18)19/h5-6,10H,4,7-8H2,1-3H3,(H,18,19). The van der Waals surface area contributed by atoms with Crippen LogP contribution in [0.15, 0.2) is 17.4 Å². The van der Waals surface area contributed by atoms with Gasteiger partial charge in [-0.1, -0.05) is 18.7 Å². The molecule has 0 aliphatic carbocycles. The maximum Gasteiger partial charge on any atom is 0.313 e. The minimum absolute atomic E-state index is 0.0220. The summed E-state index contributed by atoms with van der Waals surface area (Å²) in [5, 5.41) is 9.57. The van der Waals surface area contributed by atoms with Crippen molar-refractivity contribution in [1.82, 2.24) is 14.5 Å². The first kappa shape index (κ1) is 15.8. The van der Waals surface area contributed by atoms with Crippen molar-refractivity contribution < 1.29 is 14.6 Å². The van der Waals surface area contributed by atoms with Crippen LogP contribution < -0.4 is 0 Å².